The molecule has 7 heterocycles. The van der Waals surface area contributed by atoms with E-state index >= 15 is 0 Å². The molecule has 6 aromatic heterocycles. The second kappa shape index (κ2) is 24.2. The van der Waals surface area contributed by atoms with Crippen molar-refractivity contribution in [1.29, 1.82) is 5.41 Å². The molecule has 23 heteroatoms. The molecule has 398 valence electrons. The largest absolute Gasteiger partial charge is 0.463 e. The highest BCUT2D eigenvalue weighted by molar-refractivity contribution is 5.94. The number of piperidine rings is 1. The Morgan fingerprint density at radius 3 is 1.58 bits per heavy atom. The fourth-order valence-corrected chi connectivity index (χ4v) is 8.45. The van der Waals surface area contributed by atoms with Crippen LogP contribution in [0.4, 0.5) is 11.6 Å². The molecular formula is C54H63N17O6+2. The van der Waals surface area contributed by atoms with E-state index in [1.165, 1.54) is 0 Å². The number of benzene rings is 2. The Hall–Kier alpha value is -8.89. The Kier molecular flexibility index (Phi) is 17.1. The van der Waals surface area contributed by atoms with Gasteiger partial charge >= 0.3 is 0 Å². The van der Waals surface area contributed by atoms with Crippen molar-refractivity contribution in [2.75, 3.05) is 37.6 Å². The SMILES string of the molecule is CC(C)(O)C#Cc1nc(O[C@@H](C[NH3+])c2ccccc2)cc2c1nc(-c1nonc1N)n2CCC#CC(=N)N.CC(C)(O)C#Cc1nc(O[C@H](C[NH3+])c2ccccc2)cc2c1nc(-c1nonc1N)n2CCC1CCNCC1. The van der Waals surface area contributed by atoms with E-state index in [0.717, 1.165) is 49.0 Å². The van der Waals surface area contributed by atoms with Crippen LogP contribution < -0.4 is 43.5 Å². The number of aryl methyl sites for hydroxylation is 2. The van der Waals surface area contributed by atoms with E-state index < -0.39 is 11.2 Å². The van der Waals surface area contributed by atoms with Crippen LogP contribution in [0.1, 0.15) is 88.1 Å². The molecule has 0 unspecified atom stereocenters. The van der Waals surface area contributed by atoms with Crippen LogP contribution in [-0.2, 0) is 13.1 Å². The number of hydrogen-bond acceptors (Lipinski definition) is 18. The number of rotatable bonds is 15. The number of ether oxygens (including phenoxy) is 2. The summed E-state index contributed by atoms with van der Waals surface area (Å²) in [6.45, 7) is 10.4. The second-order valence-electron chi connectivity index (χ2n) is 19.2. The quantitative estimate of drug-likeness (QED) is 0.0405. The monoisotopic (exact) mass is 1050 g/mol. The molecule has 77 heavy (non-hydrogen) atoms. The lowest BCUT2D eigenvalue weighted by Crippen LogP contribution is -2.54. The summed E-state index contributed by atoms with van der Waals surface area (Å²) in [7, 11) is 0. The van der Waals surface area contributed by atoms with Crippen LogP contribution in [-0.4, -0.2) is 103 Å². The maximum Gasteiger partial charge on any atom is 0.217 e. The van der Waals surface area contributed by atoms with Gasteiger partial charge in [0, 0.05) is 31.6 Å². The highest BCUT2D eigenvalue weighted by Gasteiger charge is 2.27. The zero-order valence-electron chi connectivity index (χ0n) is 43.4. The number of pyridine rings is 2. The lowest BCUT2D eigenvalue weighted by Gasteiger charge is -2.23. The van der Waals surface area contributed by atoms with Gasteiger partial charge < -0.3 is 62.8 Å². The van der Waals surface area contributed by atoms with Crippen molar-refractivity contribution >= 4 is 39.5 Å². The molecule has 0 aliphatic carbocycles. The van der Waals surface area contributed by atoms with Crippen molar-refractivity contribution in [3.05, 3.63) is 95.3 Å². The van der Waals surface area contributed by atoms with E-state index in [2.05, 4.69) is 82.5 Å². The van der Waals surface area contributed by atoms with E-state index in [9.17, 15) is 10.2 Å². The Bertz CT molecular complexity index is 3520. The molecule has 2 aromatic carbocycles. The summed E-state index contributed by atoms with van der Waals surface area (Å²) in [5.74, 6) is 19.2. The van der Waals surface area contributed by atoms with Crippen molar-refractivity contribution in [2.24, 2.45) is 11.7 Å². The third-order valence-electron chi connectivity index (χ3n) is 12.1. The molecule has 1 aliphatic rings. The van der Waals surface area contributed by atoms with Crippen molar-refractivity contribution in [2.45, 2.75) is 89.9 Å². The minimum absolute atomic E-state index is 0.0612. The highest BCUT2D eigenvalue weighted by Crippen LogP contribution is 2.34. The first-order valence-corrected chi connectivity index (χ1v) is 25.0. The van der Waals surface area contributed by atoms with Gasteiger partial charge in [0.25, 0.3) is 0 Å². The topological polar surface area (TPSA) is 367 Å². The summed E-state index contributed by atoms with van der Waals surface area (Å²) in [6.07, 6.45) is 2.89. The first-order chi connectivity index (χ1) is 37.0. The number of anilines is 2. The van der Waals surface area contributed by atoms with E-state index in [1.807, 2.05) is 71.3 Å². The van der Waals surface area contributed by atoms with Crippen LogP contribution in [0, 0.1) is 46.8 Å². The van der Waals surface area contributed by atoms with Crippen LogP contribution >= 0.6 is 0 Å². The van der Waals surface area contributed by atoms with Gasteiger partial charge in [-0.3, -0.25) is 5.41 Å². The summed E-state index contributed by atoms with van der Waals surface area (Å²) in [6, 6.07) is 23.2. The lowest BCUT2D eigenvalue weighted by molar-refractivity contribution is -0.383. The number of aliphatic hydroxyl groups is 2. The standard InChI is InChI=1S/C28H34N8O3.C26H27N9O3/c1-28(2,37)12-8-20-24-21(16-23(32-20)38-22(17-29)19-6-4-3-5-7-19)36(15-11-18-9-13-31-14-10-18)27(33-24)25-26(30)35-39-34-25;1-26(2,36)12-11-17-22-18(14-21(31-17)37-19(15-27)16-8-4-3-5-9-16)35(13-7-6-10-20(28)29)25(32-22)23-24(30)34-38-33-23/h3-7,16,18,22,31,37H,9-11,13-15,17,29H2,1-2H3,(H2,30,35);3-5,8-9,14,19,36H,7,13,15,27H2,1-2H3,(H3,28,29)(H2,30,34)/p+2/t22-;19-/m10/s1. The number of amidine groups is 1. The van der Waals surface area contributed by atoms with Crippen LogP contribution in [0.2, 0.25) is 0 Å². The van der Waals surface area contributed by atoms with E-state index in [4.69, 9.17) is 56.3 Å². The van der Waals surface area contributed by atoms with Gasteiger partial charge in [-0.05, 0) is 115 Å². The number of imidazole rings is 2. The first kappa shape index (κ1) is 54.4. The number of aromatic nitrogens is 10. The zero-order chi connectivity index (χ0) is 54.7. The number of fused-ring (bicyclic) bond motifs is 2. The molecular weight excluding hydrogens is 983 g/mol. The number of nitrogen functional groups attached to an aromatic ring is 2. The third kappa shape index (κ3) is 13.9. The molecule has 23 nitrogen and oxygen atoms in total. The average Bonchev–Trinajstić information content (AvgIpc) is 4.26. The molecule has 9 rings (SSSR count). The van der Waals surface area contributed by atoms with Gasteiger partial charge in [-0.25, -0.2) is 29.2 Å². The number of nitrogens with one attached hydrogen (secondary N) is 2. The summed E-state index contributed by atoms with van der Waals surface area (Å²) in [5.41, 5.74) is 28.7. The summed E-state index contributed by atoms with van der Waals surface area (Å²) < 4.78 is 26.3. The molecule has 0 amide bonds. The molecule has 1 fully saturated rings. The fourth-order valence-electron chi connectivity index (χ4n) is 8.45. The first-order valence-electron chi connectivity index (χ1n) is 25.0. The second-order valence-corrected chi connectivity index (χ2v) is 19.2. The Balaban J connectivity index is 0.000000204. The van der Waals surface area contributed by atoms with Gasteiger partial charge in [-0.2, -0.15) is 0 Å². The molecule has 8 aromatic rings. The summed E-state index contributed by atoms with van der Waals surface area (Å²) >= 11 is 0. The van der Waals surface area contributed by atoms with Crippen LogP contribution in [0.5, 0.6) is 11.8 Å². The van der Waals surface area contributed by atoms with Gasteiger partial charge in [0.15, 0.2) is 52.7 Å². The van der Waals surface area contributed by atoms with Crippen molar-refractivity contribution in [3.8, 4) is 70.3 Å². The molecule has 1 saturated heterocycles. The predicted molar refractivity (Wildman–Crippen MR) is 286 cm³/mol. The molecule has 0 bridgehead atoms. The highest BCUT2D eigenvalue weighted by atomic mass is 16.6. The maximum atomic E-state index is 10.3. The minimum atomic E-state index is -1.26. The molecule has 1 aliphatic heterocycles. The predicted octanol–water partition coefficient (Wildman–Crippen LogP) is 2.81. The fraction of sp³-hybridized carbons (Fsp3) is 0.352. The lowest BCUT2D eigenvalue weighted by atomic mass is 9.95. The van der Waals surface area contributed by atoms with Crippen molar-refractivity contribution in [3.63, 3.8) is 0 Å². The minimum Gasteiger partial charge on any atom is -0.463 e. The Morgan fingerprint density at radius 1 is 0.727 bits per heavy atom. The number of nitrogens with two attached hydrogens (primary N) is 3. The van der Waals surface area contributed by atoms with Crippen molar-refractivity contribution < 1.29 is 40.4 Å². The van der Waals surface area contributed by atoms with Gasteiger partial charge in [-0.1, -0.05) is 78.4 Å². The molecule has 0 saturated carbocycles. The average molecular weight is 1050 g/mol. The van der Waals surface area contributed by atoms with Crippen LogP contribution in [0.15, 0.2) is 82.1 Å². The van der Waals surface area contributed by atoms with Gasteiger partial charge in [0.05, 0.1) is 11.0 Å². The van der Waals surface area contributed by atoms with Gasteiger partial charge in [0.2, 0.25) is 11.8 Å². The van der Waals surface area contributed by atoms with Crippen molar-refractivity contribution in [1.82, 2.24) is 55.0 Å². The van der Waals surface area contributed by atoms with Gasteiger partial charge in [0.1, 0.15) is 46.7 Å². The third-order valence-corrected chi connectivity index (χ3v) is 12.1. The number of hydrogen-bond donors (Lipinski definition) is 9. The number of nitrogens with zero attached hydrogens (tertiary/aromatic N) is 10. The Labute approximate surface area is 443 Å². The normalized spacial score (nSPS) is 13.5. The molecule has 2 atom stereocenters. The van der Waals surface area contributed by atoms with E-state index in [-0.39, 0.29) is 35.4 Å². The van der Waals surface area contributed by atoms with Gasteiger partial charge in [-0.15, -0.1) is 0 Å². The summed E-state index contributed by atoms with van der Waals surface area (Å²) in [5, 5.41) is 46.7. The molecule has 16 N–H and O–H groups in total. The van der Waals surface area contributed by atoms with Crippen LogP contribution in [0.25, 0.3) is 45.1 Å². The van der Waals surface area contributed by atoms with Crippen LogP contribution in [0.3, 0.4) is 0 Å². The molecule has 0 spiro atoms. The zero-order valence-corrected chi connectivity index (χ0v) is 43.4. The number of quaternary nitrogens is 2. The summed E-state index contributed by atoms with van der Waals surface area (Å²) in [4.78, 5) is 18.9. The van der Waals surface area contributed by atoms with E-state index in [1.54, 1.807) is 33.8 Å². The molecule has 0 radical (unpaired) electrons. The van der Waals surface area contributed by atoms with E-state index in [0.29, 0.717) is 95.6 Å². The Morgan fingerprint density at radius 2 is 1.18 bits per heavy atom. The smallest absolute Gasteiger partial charge is 0.217 e. The maximum absolute atomic E-state index is 10.3.